The molecule has 0 saturated carbocycles. The number of rotatable bonds is 8. The highest BCUT2D eigenvalue weighted by atomic mass is 19.4. The Balaban J connectivity index is 1.86. The summed E-state index contributed by atoms with van der Waals surface area (Å²) in [4.78, 5) is 11.0. The lowest BCUT2D eigenvalue weighted by molar-refractivity contribution is -0.274. The second-order valence-electron chi connectivity index (χ2n) is 8.22. The molecule has 2 aromatic carbocycles. The summed E-state index contributed by atoms with van der Waals surface area (Å²) in [5.74, 6) is 0.464. The molecule has 0 amide bonds. The van der Waals surface area contributed by atoms with Crippen LogP contribution in [0.5, 0.6) is 11.5 Å². The van der Waals surface area contributed by atoms with Gasteiger partial charge in [0, 0.05) is 30.9 Å². The maximum Gasteiger partial charge on any atom is 0.573 e. The molecule has 0 unspecified atom stereocenters. The van der Waals surface area contributed by atoms with Crippen LogP contribution in [0.25, 0.3) is 0 Å². The summed E-state index contributed by atoms with van der Waals surface area (Å²) in [6, 6.07) is 12.8. The Bertz CT molecular complexity index is 1000. The van der Waals surface area contributed by atoms with Crippen LogP contribution in [0, 0.1) is 0 Å². The first-order valence-electron chi connectivity index (χ1n) is 10.3. The molecule has 0 fully saturated rings. The first-order valence-corrected chi connectivity index (χ1v) is 10.3. The number of ether oxygens (including phenoxy) is 1. The van der Waals surface area contributed by atoms with Crippen LogP contribution >= 0.6 is 0 Å². The molecule has 0 aliphatic rings. The van der Waals surface area contributed by atoms with Crippen molar-refractivity contribution in [3.8, 4) is 11.5 Å². The van der Waals surface area contributed by atoms with E-state index >= 15 is 0 Å². The molecule has 8 heteroatoms. The van der Waals surface area contributed by atoms with Crippen molar-refractivity contribution >= 4 is 5.95 Å². The lowest BCUT2D eigenvalue weighted by atomic mass is 9.84. The normalized spacial score (nSPS) is 11.9. The first-order chi connectivity index (χ1) is 15.1. The molecule has 1 aromatic heterocycles. The third-order valence-corrected chi connectivity index (χ3v) is 5.15. The average Bonchev–Trinajstić information content (AvgIpc) is 2.74. The van der Waals surface area contributed by atoms with Crippen molar-refractivity contribution in [2.45, 2.75) is 45.5 Å². The zero-order chi connectivity index (χ0) is 23.4. The Morgan fingerprint density at radius 1 is 0.906 bits per heavy atom. The summed E-state index contributed by atoms with van der Waals surface area (Å²) in [6.07, 6.45) is -0.344. The Kier molecular flexibility index (Phi) is 6.91. The monoisotopic (exact) mass is 445 g/mol. The average molecular weight is 445 g/mol. The summed E-state index contributed by atoms with van der Waals surface area (Å²) < 4.78 is 41.3. The van der Waals surface area contributed by atoms with E-state index in [4.69, 9.17) is 0 Å². The number of hydrogen-bond acceptors (Lipinski definition) is 5. The van der Waals surface area contributed by atoms with Crippen LogP contribution in [0.15, 0.2) is 60.9 Å². The number of nitrogens with zero attached hydrogens (tertiary/aromatic N) is 3. The van der Waals surface area contributed by atoms with Crippen LogP contribution in [0.4, 0.5) is 19.1 Å². The molecule has 3 rings (SSSR count). The minimum atomic E-state index is -4.73. The molecule has 0 aliphatic carbocycles. The smallest absolute Gasteiger partial charge is 0.508 e. The minimum absolute atomic E-state index is 0.195. The van der Waals surface area contributed by atoms with Crippen LogP contribution in [0.1, 0.15) is 37.5 Å². The van der Waals surface area contributed by atoms with Gasteiger partial charge in [-0.15, -0.1) is 13.2 Å². The third kappa shape index (κ3) is 6.35. The molecule has 3 aromatic rings. The molecular weight excluding hydrogens is 419 g/mol. The largest absolute Gasteiger partial charge is 0.573 e. The van der Waals surface area contributed by atoms with Gasteiger partial charge in [0.1, 0.15) is 11.5 Å². The Labute approximate surface area is 185 Å². The number of aryl methyl sites for hydroxylation is 1. The Morgan fingerprint density at radius 2 is 1.50 bits per heavy atom. The van der Waals surface area contributed by atoms with Crippen LogP contribution in [-0.2, 0) is 18.4 Å². The predicted octanol–water partition coefficient (Wildman–Crippen LogP) is 5.63. The van der Waals surface area contributed by atoms with Crippen molar-refractivity contribution in [2.24, 2.45) is 0 Å². The van der Waals surface area contributed by atoms with Gasteiger partial charge in [0.2, 0.25) is 5.95 Å². The maximum absolute atomic E-state index is 12.4. The van der Waals surface area contributed by atoms with E-state index in [9.17, 15) is 18.3 Å². The highest BCUT2D eigenvalue weighted by Gasteiger charge is 2.31. The fourth-order valence-electron chi connectivity index (χ4n) is 3.39. The minimum Gasteiger partial charge on any atom is -0.508 e. The molecule has 0 bridgehead atoms. The van der Waals surface area contributed by atoms with Crippen molar-refractivity contribution in [3.05, 3.63) is 77.6 Å². The number of aromatic nitrogens is 2. The van der Waals surface area contributed by atoms with E-state index in [0.29, 0.717) is 19.0 Å². The van der Waals surface area contributed by atoms with Crippen molar-refractivity contribution in [2.75, 3.05) is 11.4 Å². The highest BCUT2D eigenvalue weighted by Crippen LogP contribution is 2.29. The third-order valence-electron chi connectivity index (χ3n) is 5.15. The van der Waals surface area contributed by atoms with E-state index in [0.717, 1.165) is 23.1 Å². The summed E-state index contributed by atoms with van der Waals surface area (Å²) in [6.45, 7) is 7.12. The number of hydrogen-bond donors (Lipinski definition) is 1. The molecule has 5 nitrogen and oxygen atoms in total. The van der Waals surface area contributed by atoms with Gasteiger partial charge in [0.25, 0.3) is 0 Å². The first kappa shape index (κ1) is 23.4. The molecule has 0 aliphatic heterocycles. The number of anilines is 1. The van der Waals surface area contributed by atoms with Crippen LogP contribution in [0.2, 0.25) is 0 Å². The van der Waals surface area contributed by atoms with Crippen LogP contribution in [-0.4, -0.2) is 28.0 Å². The molecule has 0 radical (unpaired) electrons. The number of aromatic hydroxyl groups is 1. The van der Waals surface area contributed by atoms with Crippen molar-refractivity contribution in [3.63, 3.8) is 0 Å². The van der Waals surface area contributed by atoms with E-state index in [2.05, 4.69) is 28.6 Å². The lowest BCUT2D eigenvalue weighted by Crippen LogP contribution is -2.37. The van der Waals surface area contributed by atoms with Gasteiger partial charge in [0.15, 0.2) is 0 Å². The molecule has 170 valence electrons. The SMILES string of the molecule is CCc1cnc(N(Cc2ccc(OC(F)(F)F)cc2)CC(C)(C)c2ccc(O)cc2)nc1. The van der Waals surface area contributed by atoms with Crippen LogP contribution < -0.4 is 9.64 Å². The van der Waals surface area contributed by atoms with Crippen molar-refractivity contribution in [1.82, 2.24) is 9.97 Å². The standard InChI is InChI=1S/C24H26F3N3O2/c1-4-17-13-28-22(29-14-17)30(16-23(2,3)19-7-9-20(31)10-8-19)15-18-5-11-21(12-6-18)32-24(25,26)27/h5-14,31H,4,15-16H2,1-3H3. The predicted molar refractivity (Wildman–Crippen MR) is 117 cm³/mol. The summed E-state index contributed by atoms with van der Waals surface area (Å²) in [7, 11) is 0. The van der Waals surface area contributed by atoms with E-state index in [1.54, 1.807) is 36.7 Å². The number of phenols is 1. The molecular formula is C24H26F3N3O2. The van der Waals surface area contributed by atoms with Gasteiger partial charge in [0.05, 0.1) is 0 Å². The number of benzene rings is 2. The molecule has 0 atom stereocenters. The number of halogens is 3. The summed E-state index contributed by atoms with van der Waals surface area (Å²) in [5, 5.41) is 9.61. The number of alkyl halides is 3. The molecule has 0 spiro atoms. The van der Waals surface area contributed by atoms with Crippen molar-refractivity contribution < 1.29 is 23.0 Å². The second kappa shape index (κ2) is 9.46. The van der Waals surface area contributed by atoms with Gasteiger partial charge in [-0.25, -0.2) is 9.97 Å². The topological polar surface area (TPSA) is 58.5 Å². The van der Waals surface area contributed by atoms with E-state index in [1.807, 2.05) is 24.0 Å². The van der Waals surface area contributed by atoms with Gasteiger partial charge in [-0.2, -0.15) is 0 Å². The van der Waals surface area contributed by atoms with Crippen LogP contribution in [0.3, 0.4) is 0 Å². The van der Waals surface area contributed by atoms with Gasteiger partial charge in [-0.05, 0) is 47.4 Å². The van der Waals surface area contributed by atoms with Gasteiger partial charge >= 0.3 is 6.36 Å². The molecule has 0 saturated heterocycles. The van der Waals surface area contributed by atoms with Crippen molar-refractivity contribution in [1.29, 1.82) is 0 Å². The fraction of sp³-hybridized carbons (Fsp3) is 0.333. The second-order valence-corrected chi connectivity index (χ2v) is 8.22. The summed E-state index contributed by atoms with van der Waals surface area (Å²) >= 11 is 0. The highest BCUT2D eigenvalue weighted by molar-refractivity contribution is 5.38. The zero-order valence-corrected chi connectivity index (χ0v) is 18.2. The maximum atomic E-state index is 12.4. The zero-order valence-electron chi connectivity index (χ0n) is 18.2. The Morgan fingerprint density at radius 3 is 2.03 bits per heavy atom. The van der Waals surface area contributed by atoms with Gasteiger partial charge < -0.3 is 14.7 Å². The number of phenolic OH excluding ortho intramolecular Hbond substituents is 1. The summed E-state index contributed by atoms with van der Waals surface area (Å²) in [5.41, 5.74) is 2.52. The van der Waals surface area contributed by atoms with E-state index < -0.39 is 6.36 Å². The van der Waals surface area contributed by atoms with E-state index in [1.165, 1.54) is 12.1 Å². The quantitative estimate of drug-likeness (QED) is 0.487. The molecule has 1 heterocycles. The van der Waals surface area contributed by atoms with Gasteiger partial charge in [-0.1, -0.05) is 45.0 Å². The fourth-order valence-corrected chi connectivity index (χ4v) is 3.39. The Hall–Kier alpha value is -3.29. The molecule has 32 heavy (non-hydrogen) atoms. The van der Waals surface area contributed by atoms with E-state index in [-0.39, 0.29) is 16.9 Å². The van der Waals surface area contributed by atoms with Gasteiger partial charge in [-0.3, -0.25) is 0 Å². The molecule has 1 N–H and O–H groups in total. The lowest BCUT2D eigenvalue weighted by Gasteiger charge is -2.33.